The second-order valence-electron chi connectivity index (χ2n) is 7.55. The molecule has 0 spiro atoms. The van der Waals surface area contributed by atoms with Crippen LogP contribution in [0.3, 0.4) is 0 Å². The predicted molar refractivity (Wildman–Crippen MR) is 124 cm³/mol. The number of rotatable bonds is 5. The van der Waals surface area contributed by atoms with Gasteiger partial charge in [0.05, 0.1) is 4.92 Å². The topological polar surface area (TPSA) is 87.4 Å². The molecule has 0 atom stereocenters. The Morgan fingerprint density at radius 3 is 2.45 bits per heavy atom. The third kappa shape index (κ3) is 4.54. The van der Waals surface area contributed by atoms with Gasteiger partial charge in [-0.3, -0.25) is 10.1 Å². The molecule has 1 aromatic heterocycles. The number of aryl methyl sites for hydroxylation is 2. The molecule has 0 saturated carbocycles. The van der Waals surface area contributed by atoms with Crippen molar-refractivity contribution in [2.75, 3.05) is 41.3 Å². The van der Waals surface area contributed by atoms with Crippen LogP contribution < -0.4 is 15.1 Å². The standard InChI is InChI=1S/C22H23ClN6O2/c1-15-6-7-19(16(2)12-15)26-21-20(29(30)31)22(25-14-24-21)28-10-8-27(9-11-28)18-5-3-4-17(23)13-18/h3-7,12-14H,8-11H2,1-2H3,(H,24,25,26). The van der Waals surface area contributed by atoms with Crippen molar-refractivity contribution in [3.8, 4) is 0 Å². The molecule has 160 valence electrons. The predicted octanol–water partition coefficient (Wildman–Crippen LogP) is 4.73. The van der Waals surface area contributed by atoms with Gasteiger partial charge in [0.25, 0.3) is 0 Å². The van der Waals surface area contributed by atoms with Gasteiger partial charge in [-0.15, -0.1) is 0 Å². The van der Waals surface area contributed by atoms with Crippen molar-refractivity contribution in [1.29, 1.82) is 0 Å². The number of nitrogens with one attached hydrogen (secondary N) is 1. The normalized spacial score (nSPS) is 13.9. The monoisotopic (exact) mass is 438 g/mol. The second kappa shape index (κ2) is 8.77. The van der Waals surface area contributed by atoms with Gasteiger partial charge in [-0.2, -0.15) is 0 Å². The van der Waals surface area contributed by atoms with Gasteiger partial charge < -0.3 is 15.1 Å². The second-order valence-corrected chi connectivity index (χ2v) is 7.99. The molecule has 31 heavy (non-hydrogen) atoms. The summed E-state index contributed by atoms with van der Waals surface area (Å²) in [5.74, 6) is 0.525. The summed E-state index contributed by atoms with van der Waals surface area (Å²) in [5, 5.41) is 15.8. The molecule has 8 nitrogen and oxygen atoms in total. The fourth-order valence-electron chi connectivity index (χ4n) is 3.79. The first-order valence-corrected chi connectivity index (χ1v) is 10.4. The lowest BCUT2D eigenvalue weighted by Gasteiger charge is -2.36. The Labute approximate surface area is 185 Å². The quantitative estimate of drug-likeness (QED) is 0.455. The van der Waals surface area contributed by atoms with Crippen LogP contribution in [0.5, 0.6) is 0 Å². The lowest BCUT2D eigenvalue weighted by molar-refractivity contribution is -0.383. The van der Waals surface area contributed by atoms with E-state index in [0.717, 1.165) is 22.5 Å². The van der Waals surface area contributed by atoms with Crippen LogP contribution in [0.25, 0.3) is 0 Å². The van der Waals surface area contributed by atoms with Crippen LogP contribution >= 0.6 is 11.6 Å². The maximum absolute atomic E-state index is 12.0. The minimum atomic E-state index is -0.412. The molecule has 0 amide bonds. The molecule has 0 radical (unpaired) electrons. The van der Waals surface area contributed by atoms with Crippen LogP contribution in [0.4, 0.5) is 28.7 Å². The molecule has 1 fully saturated rings. The van der Waals surface area contributed by atoms with Gasteiger partial charge in [0.1, 0.15) is 6.33 Å². The largest absolute Gasteiger partial charge is 0.368 e. The van der Waals surface area contributed by atoms with Crippen LogP contribution in [-0.4, -0.2) is 41.1 Å². The molecule has 3 aromatic rings. The van der Waals surface area contributed by atoms with Gasteiger partial charge >= 0.3 is 5.69 Å². The molecular weight excluding hydrogens is 416 g/mol. The zero-order valence-electron chi connectivity index (χ0n) is 17.4. The number of benzene rings is 2. The third-order valence-electron chi connectivity index (χ3n) is 5.37. The Morgan fingerprint density at radius 2 is 1.77 bits per heavy atom. The highest BCUT2D eigenvalue weighted by Gasteiger charge is 2.29. The van der Waals surface area contributed by atoms with E-state index in [9.17, 15) is 10.1 Å². The first kappa shape index (κ1) is 20.9. The number of anilines is 4. The number of nitrogens with zero attached hydrogens (tertiary/aromatic N) is 5. The van der Waals surface area contributed by atoms with Gasteiger partial charge in [-0.05, 0) is 43.7 Å². The summed E-state index contributed by atoms with van der Waals surface area (Å²) in [4.78, 5) is 24.1. The molecule has 9 heteroatoms. The number of hydrogen-bond acceptors (Lipinski definition) is 7. The molecule has 1 N–H and O–H groups in total. The fourth-order valence-corrected chi connectivity index (χ4v) is 3.98. The van der Waals surface area contributed by atoms with Gasteiger partial charge in [0.15, 0.2) is 0 Å². The zero-order chi connectivity index (χ0) is 22.0. The number of halogens is 1. The summed E-state index contributed by atoms with van der Waals surface area (Å²) < 4.78 is 0. The van der Waals surface area contributed by atoms with Crippen LogP contribution in [0.1, 0.15) is 11.1 Å². The van der Waals surface area contributed by atoms with Crippen LogP contribution in [0.2, 0.25) is 5.02 Å². The first-order chi connectivity index (χ1) is 14.9. The Bertz CT molecular complexity index is 1110. The van der Waals surface area contributed by atoms with E-state index in [0.29, 0.717) is 37.0 Å². The zero-order valence-corrected chi connectivity index (χ0v) is 18.1. The maximum Gasteiger partial charge on any atom is 0.353 e. The number of hydrogen-bond donors (Lipinski definition) is 1. The van der Waals surface area contributed by atoms with Gasteiger partial charge in [-0.1, -0.05) is 35.4 Å². The van der Waals surface area contributed by atoms with Crippen molar-refractivity contribution in [2.45, 2.75) is 13.8 Å². The Kier molecular flexibility index (Phi) is 5.90. The molecule has 4 rings (SSSR count). The van der Waals surface area contributed by atoms with Crippen LogP contribution in [-0.2, 0) is 0 Å². The third-order valence-corrected chi connectivity index (χ3v) is 5.61. The molecule has 2 heterocycles. The van der Waals surface area contributed by atoms with Crippen molar-refractivity contribution in [3.05, 3.63) is 75.1 Å². The molecular formula is C22H23ClN6O2. The van der Waals surface area contributed by atoms with Gasteiger partial charge in [-0.25, -0.2) is 9.97 Å². The first-order valence-electron chi connectivity index (χ1n) is 10.0. The molecule has 0 unspecified atom stereocenters. The minimum Gasteiger partial charge on any atom is -0.368 e. The highest BCUT2D eigenvalue weighted by molar-refractivity contribution is 6.30. The summed E-state index contributed by atoms with van der Waals surface area (Å²) in [6, 6.07) is 13.6. The SMILES string of the molecule is Cc1ccc(Nc2ncnc(N3CCN(c4cccc(Cl)c4)CC3)c2[N+](=O)[O-])c(C)c1. The minimum absolute atomic E-state index is 0.112. The number of piperazine rings is 1. The summed E-state index contributed by atoms with van der Waals surface area (Å²) in [6.45, 7) is 6.59. The summed E-state index contributed by atoms with van der Waals surface area (Å²) in [5.41, 5.74) is 3.83. The van der Waals surface area contributed by atoms with E-state index in [-0.39, 0.29) is 11.5 Å². The number of aromatic nitrogens is 2. The van der Waals surface area contributed by atoms with E-state index >= 15 is 0 Å². The molecule has 2 aromatic carbocycles. The highest BCUT2D eigenvalue weighted by atomic mass is 35.5. The lowest BCUT2D eigenvalue weighted by atomic mass is 10.1. The molecule has 0 aliphatic carbocycles. The van der Waals surface area contributed by atoms with Crippen molar-refractivity contribution in [1.82, 2.24) is 9.97 Å². The van der Waals surface area contributed by atoms with E-state index < -0.39 is 4.92 Å². The highest BCUT2D eigenvalue weighted by Crippen LogP contribution is 2.35. The average Bonchev–Trinajstić information content (AvgIpc) is 2.75. The van der Waals surface area contributed by atoms with Crippen molar-refractivity contribution in [3.63, 3.8) is 0 Å². The van der Waals surface area contributed by atoms with E-state index in [4.69, 9.17) is 11.6 Å². The summed E-state index contributed by atoms with van der Waals surface area (Å²) in [6.07, 6.45) is 1.37. The fraction of sp³-hybridized carbons (Fsp3) is 0.273. The molecule has 1 aliphatic heterocycles. The Balaban J connectivity index is 1.58. The summed E-state index contributed by atoms with van der Waals surface area (Å²) in [7, 11) is 0. The molecule has 1 aliphatic rings. The Hall–Kier alpha value is -3.39. The smallest absolute Gasteiger partial charge is 0.353 e. The lowest BCUT2D eigenvalue weighted by Crippen LogP contribution is -2.47. The van der Waals surface area contributed by atoms with Crippen LogP contribution in [0.15, 0.2) is 48.8 Å². The van der Waals surface area contributed by atoms with Gasteiger partial charge in [0.2, 0.25) is 11.6 Å². The number of nitro groups is 1. The van der Waals surface area contributed by atoms with Crippen molar-refractivity contribution in [2.24, 2.45) is 0 Å². The van der Waals surface area contributed by atoms with Crippen molar-refractivity contribution >= 4 is 40.3 Å². The Morgan fingerprint density at radius 1 is 1.03 bits per heavy atom. The average molecular weight is 439 g/mol. The van der Waals surface area contributed by atoms with Crippen LogP contribution in [0, 0.1) is 24.0 Å². The molecule has 1 saturated heterocycles. The van der Waals surface area contributed by atoms with E-state index in [1.165, 1.54) is 6.33 Å². The van der Waals surface area contributed by atoms with E-state index in [1.54, 1.807) is 0 Å². The van der Waals surface area contributed by atoms with Crippen molar-refractivity contribution < 1.29 is 4.92 Å². The molecule has 0 bridgehead atoms. The van der Waals surface area contributed by atoms with Gasteiger partial charge in [0, 0.05) is 42.6 Å². The summed E-state index contributed by atoms with van der Waals surface area (Å²) >= 11 is 6.11. The maximum atomic E-state index is 12.0. The van der Waals surface area contributed by atoms with E-state index in [1.807, 2.05) is 61.2 Å². The van der Waals surface area contributed by atoms with E-state index in [2.05, 4.69) is 20.2 Å².